The Morgan fingerprint density at radius 2 is 2.09 bits per heavy atom. The first-order chi connectivity index (χ1) is 5.20. The summed E-state index contributed by atoms with van der Waals surface area (Å²) in [6.07, 6.45) is 3.51. The minimum absolute atomic E-state index is 0.375. The summed E-state index contributed by atoms with van der Waals surface area (Å²) in [5.41, 5.74) is 0. The van der Waals surface area contributed by atoms with Gasteiger partial charge in [-0.1, -0.05) is 29.5 Å². The first-order valence-electron chi connectivity index (χ1n) is 4.37. The molecule has 1 nitrogen and oxygen atoms in total. The lowest BCUT2D eigenvalue weighted by Gasteiger charge is -2.12. The zero-order chi connectivity index (χ0) is 8.01. The molecular formula is C9H13IO. The monoisotopic (exact) mass is 264 g/mol. The van der Waals surface area contributed by atoms with Crippen LogP contribution in [0.5, 0.6) is 0 Å². The van der Waals surface area contributed by atoms with Crippen molar-refractivity contribution in [1.82, 2.24) is 0 Å². The largest absolute Gasteiger partial charge is 0.299 e. The second-order valence-corrected chi connectivity index (χ2v) is 5.48. The Morgan fingerprint density at radius 3 is 2.73 bits per heavy atom. The van der Waals surface area contributed by atoms with Crippen LogP contribution in [-0.2, 0) is 4.79 Å². The van der Waals surface area contributed by atoms with Crippen LogP contribution >= 0.6 is 22.6 Å². The average molecular weight is 264 g/mol. The molecular weight excluding hydrogens is 251 g/mol. The van der Waals surface area contributed by atoms with Crippen molar-refractivity contribution in [3.63, 3.8) is 0 Å². The van der Waals surface area contributed by atoms with Crippen molar-refractivity contribution in [1.29, 1.82) is 0 Å². The molecule has 0 saturated heterocycles. The maximum atomic E-state index is 11.3. The van der Waals surface area contributed by atoms with Gasteiger partial charge in [0.15, 0.2) is 0 Å². The predicted molar refractivity (Wildman–Crippen MR) is 52.8 cm³/mol. The summed E-state index contributed by atoms with van der Waals surface area (Å²) in [5, 5.41) is 0. The highest BCUT2D eigenvalue weighted by Crippen LogP contribution is 2.48. The maximum Gasteiger partial charge on any atom is 0.136 e. The fraction of sp³-hybridized carbons (Fsp3) is 0.889. The second kappa shape index (κ2) is 2.71. The summed E-state index contributed by atoms with van der Waals surface area (Å²) >= 11 is 2.52. The van der Waals surface area contributed by atoms with Crippen molar-refractivity contribution in [3.8, 4) is 0 Å². The lowest BCUT2D eigenvalue weighted by Crippen LogP contribution is -2.11. The third-order valence-electron chi connectivity index (χ3n) is 3.38. The molecule has 0 aromatic heterocycles. The van der Waals surface area contributed by atoms with Crippen LogP contribution in [0.15, 0.2) is 0 Å². The van der Waals surface area contributed by atoms with E-state index >= 15 is 0 Å². The number of hydrogen-bond donors (Lipinski definition) is 0. The van der Waals surface area contributed by atoms with E-state index in [4.69, 9.17) is 0 Å². The smallest absolute Gasteiger partial charge is 0.136 e. The zero-order valence-corrected chi connectivity index (χ0v) is 8.87. The summed E-state index contributed by atoms with van der Waals surface area (Å²) in [5.74, 6) is 2.36. The average Bonchev–Trinajstić information content (AvgIpc) is 2.43. The van der Waals surface area contributed by atoms with Gasteiger partial charge in [0.25, 0.3) is 0 Å². The Labute approximate surface area is 81.1 Å². The molecule has 62 valence electrons. The van der Waals surface area contributed by atoms with Gasteiger partial charge in [-0.25, -0.2) is 0 Å². The first kappa shape index (κ1) is 8.02. The van der Waals surface area contributed by atoms with Crippen molar-refractivity contribution in [3.05, 3.63) is 0 Å². The molecule has 2 rings (SSSR count). The number of rotatable bonds is 0. The third kappa shape index (κ3) is 1.14. The van der Waals surface area contributed by atoms with Gasteiger partial charge < -0.3 is 0 Å². The van der Waals surface area contributed by atoms with Crippen LogP contribution in [0.3, 0.4) is 0 Å². The van der Waals surface area contributed by atoms with Crippen LogP contribution in [0.4, 0.5) is 0 Å². The Hall–Kier alpha value is 0.400. The standard InChI is InChI=1S/C9H13IO/c1-5-6-2-3-8(10)7(6)4-9(5)11/h5-8H,2-4H2,1H3. The van der Waals surface area contributed by atoms with E-state index in [1.165, 1.54) is 12.8 Å². The number of halogens is 1. The lowest BCUT2D eigenvalue weighted by atomic mass is 9.94. The summed E-state index contributed by atoms with van der Waals surface area (Å²) in [4.78, 5) is 11.3. The second-order valence-electron chi connectivity index (χ2n) is 3.88. The normalized spacial score (nSPS) is 49.8. The van der Waals surface area contributed by atoms with Gasteiger partial charge in [0.1, 0.15) is 5.78 Å². The van der Waals surface area contributed by atoms with E-state index in [1.807, 2.05) is 0 Å². The van der Waals surface area contributed by atoms with Gasteiger partial charge in [-0.05, 0) is 24.7 Å². The molecule has 0 aliphatic heterocycles. The van der Waals surface area contributed by atoms with E-state index in [0.29, 0.717) is 11.7 Å². The van der Waals surface area contributed by atoms with Gasteiger partial charge in [-0.2, -0.15) is 0 Å². The molecule has 0 N–H and O–H groups in total. The fourth-order valence-corrected chi connectivity index (χ4v) is 3.75. The van der Waals surface area contributed by atoms with Crippen LogP contribution in [-0.4, -0.2) is 9.71 Å². The zero-order valence-electron chi connectivity index (χ0n) is 6.72. The number of Topliss-reactive ketones (excluding diaryl/α,β-unsaturated/α-hetero) is 1. The summed E-state index contributed by atoms with van der Waals surface area (Å²) in [6.45, 7) is 2.11. The number of ketones is 1. The maximum absolute atomic E-state index is 11.3. The SMILES string of the molecule is CC1C(=O)CC2C(I)CCC12. The van der Waals surface area contributed by atoms with Crippen molar-refractivity contribution in [2.75, 3.05) is 0 Å². The van der Waals surface area contributed by atoms with E-state index in [0.717, 1.165) is 22.2 Å². The minimum atomic E-state index is 0.375. The van der Waals surface area contributed by atoms with Crippen LogP contribution < -0.4 is 0 Å². The van der Waals surface area contributed by atoms with Gasteiger partial charge in [0.2, 0.25) is 0 Å². The van der Waals surface area contributed by atoms with Crippen LogP contribution in [0.25, 0.3) is 0 Å². The quantitative estimate of drug-likeness (QED) is 0.485. The molecule has 2 saturated carbocycles. The lowest BCUT2D eigenvalue weighted by molar-refractivity contribution is -0.120. The molecule has 2 aliphatic rings. The van der Waals surface area contributed by atoms with Crippen molar-refractivity contribution in [2.45, 2.75) is 30.1 Å². The van der Waals surface area contributed by atoms with Gasteiger partial charge in [0, 0.05) is 16.3 Å². The third-order valence-corrected chi connectivity index (χ3v) is 4.92. The van der Waals surface area contributed by atoms with E-state index in [-0.39, 0.29) is 0 Å². The molecule has 2 fully saturated rings. The fourth-order valence-electron chi connectivity index (χ4n) is 2.61. The number of carbonyl (C=O) groups is 1. The topological polar surface area (TPSA) is 17.1 Å². The number of alkyl halides is 1. The van der Waals surface area contributed by atoms with E-state index in [2.05, 4.69) is 29.5 Å². The molecule has 0 spiro atoms. The molecule has 2 aliphatic carbocycles. The highest BCUT2D eigenvalue weighted by atomic mass is 127. The van der Waals surface area contributed by atoms with Crippen LogP contribution in [0.2, 0.25) is 0 Å². The Kier molecular flexibility index (Phi) is 1.98. The minimum Gasteiger partial charge on any atom is -0.299 e. The number of hydrogen-bond acceptors (Lipinski definition) is 1. The Balaban J connectivity index is 2.18. The summed E-state index contributed by atoms with van der Waals surface area (Å²) in [6, 6.07) is 0. The van der Waals surface area contributed by atoms with E-state index in [1.54, 1.807) is 0 Å². The Morgan fingerprint density at radius 1 is 1.36 bits per heavy atom. The molecule has 11 heavy (non-hydrogen) atoms. The summed E-state index contributed by atoms with van der Waals surface area (Å²) < 4.78 is 0.784. The molecule has 0 heterocycles. The molecule has 0 aromatic carbocycles. The van der Waals surface area contributed by atoms with Gasteiger partial charge >= 0.3 is 0 Å². The number of fused-ring (bicyclic) bond motifs is 1. The highest BCUT2D eigenvalue weighted by Gasteiger charge is 2.46. The summed E-state index contributed by atoms with van der Waals surface area (Å²) in [7, 11) is 0. The first-order valence-corrected chi connectivity index (χ1v) is 5.61. The van der Waals surface area contributed by atoms with E-state index in [9.17, 15) is 4.79 Å². The van der Waals surface area contributed by atoms with Crippen molar-refractivity contribution in [2.24, 2.45) is 17.8 Å². The van der Waals surface area contributed by atoms with Gasteiger partial charge in [-0.15, -0.1) is 0 Å². The molecule has 4 unspecified atom stereocenters. The van der Waals surface area contributed by atoms with Gasteiger partial charge in [-0.3, -0.25) is 4.79 Å². The Bertz CT molecular complexity index is 190. The predicted octanol–water partition coefficient (Wildman–Crippen LogP) is 2.43. The molecule has 0 aromatic rings. The van der Waals surface area contributed by atoms with Crippen molar-refractivity contribution >= 4 is 28.4 Å². The molecule has 0 amide bonds. The molecule has 0 bridgehead atoms. The van der Waals surface area contributed by atoms with E-state index < -0.39 is 0 Å². The van der Waals surface area contributed by atoms with Gasteiger partial charge in [0.05, 0.1) is 0 Å². The van der Waals surface area contributed by atoms with Crippen LogP contribution in [0.1, 0.15) is 26.2 Å². The molecule has 2 heteroatoms. The van der Waals surface area contributed by atoms with Crippen LogP contribution in [0, 0.1) is 17.8 Å². The highest BCUT2D eigenvalue weighted by molar-refractivity contribution is 14.1. The molecule has 4 atom stereocenters. The molecule has 0 radical (unpaired) electrons. The van der Waals surface area contributed by atoms with Crippen molar-refractivity contribution < 1.29 is 4.79 Å². The number of carbonyl (C=O) groups excluding carboxylic acids is 1.